The molecule has 0 aromatic heterocycles. The van der Waals surface area contributed by atoms with Crippen molar-refractivity contribution in [3.63, 3.8) is 0 Å². The summed E-state index contributed by atoms with van der Waals surface area (Å²) in [7, 11) is 0. The number of rotatable bonds is 4. The molecule has 0 saturated carbocycles. The topological polar surface area (TPSA) is 52.6 Å². The Morgan fingerprint density at radius 2 is 1.84 bits per heavy atom. The van der Waals surface area contributed by atoms with Crippen molar-refractivity contribution in [2.24, 2.45) is 0 Å². The van der Waals surface area contributed by atoms with Crippen molar-refractivity contribution in [2.45, 2.75) is 20.3 Å². The van der Waals surface area contributed by atoms with Crippen LogP contribution in [0.3, 0.4) is 0 Å². The Kier molecular flexibility index (Phi) is 5.73. The lowest BCUT2D eigenvalue weighted by atomic mass is 10.1. The average Bonchev–Trinajstić information content (AvgIpc) is 2.37. The molecule has 1 aromatic carbocycles. The Morgan fingerprint density at radius 1 is 1.21 bits per heavy atom. The summed E-state index contributed by atoms with van der Waals surface area (Å²) < 4.78 is 21.9. The van der Waals surface area contributed by atoms with E-state index < -0.39 is 17.9 Å². The molecule has 0 aliphatic rings. The van der Waals surface area contributed by atoms with Crippen LogP contribution in [0.15, 0.2) is 30.3 Å². The second kappa shape index (κ2) is 7.31. The van der Waals surface area contributed by atoms with Crippen LogP contribution in [0.4, 0.5) is 9.18 Å². The minimum atomic E-state index is -1.04. The lowest BCUT2D eigenvalue weighted by Gasteiger charge is -2.07. The van der Waals surface area contributed by atoms with Crippen LogP contribution in [-0.4, -0.2) is 18.7 Å². The Labute approximate surface area is 110 Å². The summed E-state index contributed by atoms with van der Waals surface area (Å²) in [5.41, 5.74) is 0.688. The highest BCUT2D eigenvalue weighted by atomic mass is 19.1. The first-order valence-electron chi connectivity index (χ1n) is 5.93. The first-order valence-corrected chi connectivity index (χ1v) is 5.93. The number of esters is 1. The van der Waals surface area contributed by atoms with E-state index in [2.05, 4.69) is 9.47 Å². The van der Waals surface area contributed by atoms with E-state index >= 15 is 0 Å². The molecule has 0 atom stereocenters. The molecule has 4 nitrogen and oxygen atoms in total. The molecule has 0 saturated heterocycles. The monoisotopic (exact) mass is 266 g/mol. The summed E-state index contributed by atoms with van der Waals surface area (Å²) in [4.78, 5) is 22.9. The number of hydrogen-bond acceptors (Lipinski definition) is 4. The van der Waals surface area contributed by atoms with Crippen LogP contribution in [0.2, 0.25) is 0 Å². The molecule has 0 N–H and O–H groups in total. The van der Waals surface area contributed by atoms with Gasteiger partial charge in [0.05, 0.1) is 12.2 Å². The molecular weight excluding hydrogens is 251 g/mol. The van der Waals surface area contributed by atoms with Crippen LogP contribution < -0.4 is 0 Å². The summed E-state index contributed by atoms with van der Waals surface area (Å²) in [6, 6.07) is 5.36. The lowest BCUT2D eigenvalue weighted by Crippen LogP contribution is -2.15. The third kappa shape index (κ3) is 4.54. The average molecular weight is 266 g/mol. The van der Waals surface area contributed by atoms with Gasteiger partial charge in [-0.2, -0.15) is 0 Å². The normalized spacial score (nSPS) is 11.0. The second-order valence-corrected chi connectivity index (χ2v) is 3.61. The molecule has 19 heavy (non-hydrogen) atoms. The van der Waals surface area contributed by atoms with E-state index in [1.807, 2.05) is 6.92 Å². The maximum Gasteiger partial charge on any atom is 0.516 e. The molecule has 0 heterocycles. The molecule has 0 fully saturated rings. The van der Waals surface area contributed by atoms with E-state index in [4.69, 9.17) is 0 Å². The van der Waals surface area contributed by atoms with Crippen molar-refractivity contribution >= 4 is 17.7 Å². The van der Waals surface area contributed by atoms with Gasteiger partial charge in [0.2, 0.25) is 0 Å². The largest absolute Gasteiger partial charge is 0.516 e. The smallest absolute Gasteiger partial charge is 0.434 e. The zero-order chi connectivity index (χ0) is 14.3. The first-order chi connectivity index (χ1) is 9.08. The van der Waals surface area contributed by atoms with E-state index in [0.717, 1.165) is 0 Å². The summed E-state index contributed by atoms with van der Waals surface area (Å²) in [6.45, 7) is 3.56. The lowest BCUT2D eigenvalue weighted by molar-refractivity contribution is -0.133. The number of benzene rings is 1. The molecule has 102 valence electrons. The van der Waals surface area contributed by atoms with Gasteiger partial charge in [0.1, 0.15) is 5.82 Å². The standard InChI is InChI=1S/C14H15FO4/c1-3-5-12(10-6-8-11(15)9-7-10)13(16)19-14(17)18-4-2/h5-9H,3-4H2,1-2H3. The van der Waals surface area contributed by atoms with Crippen molar-refractivity contribution in [1.29, 1.82) is 0 Å². The Morgan fingerprint density at radius 3 is 2.37 bits per heavy atom. The van der Waals surface area contributed by atoms with Crippen molar-refractivity contribution in [2.75, 3.05) is 6.61 Å². The Bertz CT molecular complexity index is 477. The van der Waals surface area contributed by atoms with Gasteiger partial charge in [-0.3, -0.25) is 0 Å². The molecular formula is C14H15FO4. The number of allylic oxidation sites excluding steroid dienone is 1. The van der Waals surface area contributed by atoms with Gasteiger partial charge in [-0.25, -0.2) is 14.0 Å². The van der Waals surface area contributed by atoms with E-state index in [0.29, 0.717) is 12.0 Å². The fourth-order valence-corrected chi connectivity index (χ4v) is 1.43. The number of carbonyl (C=O) groups is 2. The molecule has 0 bridgehead atoms. The zero-order valence-corrected chi connectivity index (χ0v) is 10.8. The molecule has 0 aliphatic heterocycles. The fraction of sp³-hybridized carbons (Fsp3) is 0.286. The summed E-state index contributed by atoms with van der Waals surface area (Å²) >= 11 is 0. The molecule has 5 heteroatoms. The van der Waals surface area contributed by atoms with Gasteiger partial charge in [-0.15, -0.1) is 0 Å². The Hall–Kier alpha value is -2.17. The fourth-order valence-electron chi connectivity index (χ4n) is 1.43. The minimum Gasteiger partial charge on any atom is -0.434 e. The van der Waals surface area contributed by atoms with Gasteiger partial charge in [-0.1, -0.05) is 25.1 Å². The van der Waals surface area contributed by atoms with E-state index in [9.17, 15) is 14.0 Å². The van der Waals surface area contributed by atoms with Crippen LogP contribution in [0.25, 0.3) is 5.57 Å². The second-order valence-electron chi connectivity index (χ2n) is 3.61. The van der Waals surface area contributed by atoms with Crippen LogP contribution in [-0.2, 0) is 14.3 Å². The van der Waals surface area contributed by atoms with Gasteiger partial charge < -0.3 is 9.47 Å². The zero-order valence-electron chi connectivity index (χ0n) is 10.8. The SMILES string of the molecule is CCC=C(C(=O)OC(=O)OCC)c1ccc(F)cc1. The van der Waals surface area contributed by atoms with E-state index in [-0.39, 0.29) is 12.2 Å². The van der Waals surface area contributed by atoms with Gasteiger partial charge in [0, 0.05) is 0 Å². The van der Waals surface area contributed by atoms with Crippen molar-refractivity contribution in [3.8, 4) is 0 Å². The third-order valence-electron chi connectivity index (χ3n) is 2.22. The van der Waals surface area contributed by atoms with Crippen LogP contribution >= 0.6 is 0 Å². The van der Waals surface area contributed by atoms with E-state index in [1.165, 1.54) is 24.3 Å². The highest BCUT2D eigenvalue weighted by Crippen LogP contribution is 2.18. The highest BCUT2D eigenvalue weighted by molar-refractivity contribution is 6.18. The maximum absolute atomic E-state index is 12.8. The number of hydrogen-bond donors (Lipinski definition) is 0. The first kappa shape index (κ1) is 14.9. The summed E-state index contributed by atoms with van der Waals surface area (Å²) in [5.74, 6) is -1.22. The molecule has 0 unspecified atom stereocenters. The van der Waals surface area contributed by atoms with E-state index in [1.54, 1.807) is 13.0 Å². The molecule has 0 spiro atoms. The number of halogens is 1. The Balaban J connectivity index is 2.89. The summed E-state index contributed by atoms with van der Waals surface area (Å²) in [6.07, 6.45) is 1.14. The summed E-state index contributed by atoms with van der Waals surface area (Å²) in [5, 5.41) is 0. The minimum absolute atomic E-state index is 0.121. The number of ether oxygens (including phenoxy) is 2. The molecule has 0 radical (unpaired) electrons. The quantitative estimate of drug-likeness (QED) is 0.476. The predicted octanol–water partition coefficient (Wildman–Crippen LogP) is 3.32. The third-order valence-corrected chi connectivity index (χ3v) is 2.22. The van der Waals surface area contributed by atoms with Crippen molar-refractivity contribution in [3.05, 3.63) is 41.7 Å². The van der Waals surface area contributed by atoms with Crippen molar-refractivity contribution < 1.29 is 23.5 Å². The molecule has 1 rings (SSSR count). The number of carbonyl (C=O) groups excluding carboxylic acids is 2. The van der Waals surface area contributed by atoms with Crippen LogP contribution in [0, 0.1) is 5.82 Å². The van der Waals surface area contributed by atoms with Gasteiger partial charge in [-0.05, 0) is 31.0 Å². The van der Waals surface area contributed by atoms with Crippen LogP contribution in [0.1, 0.15) is 25.8 Å². The molecule has 0 aliphatic carbocycles. The molecule has 1 aromatic rings. The predicted molar refractivity (Wildman–Crippen MR) is 67.8 cm³/mol. The van der Waals surface area contributed by atoms with Gasteiger partial charge in [0.25, 0.3) is 0 Å². The van der Waals surface area contributed by atoms with Crippen LogP contribution in [0.5, 0.6) is 0 Å². The van der Waals surface area contributed by atoms with Gasteiger partial charge >= 0.3 is 12.1 Å². The maximum atomic E-state index is 12.8. The molecule has 0 amide bonds. The highest BCUT2D eigenvalue weighted by Gasteiger charge is 2.17. The van der Waals surface area contributed by atoms with Crippen molar-refractivity contribution in [1.82, 2.24) is 0 Å². The van der Waals surface area contributed by atoms with Gasteiger partial charge in [0.15, 0.2) is 0 Å².